The summed E-state index contributed by atoms with van der Waals surface area (Å²) in [6.45, 7) is 0.469. The maximum atomic E-state index is 14.3. The molecule has 0 saturated heterocycles. The molecule has 240 valence electrons. The van der Waals surface area contributed by atoms with Crippen LogP contribution in [-0.4, -0.2) is 49.8 Å². The highest BCUT2D eigenvalue weighted by molar-refractivity contribution is 9.10. The number of hydrogen-bond acceptors (Lipinski definition) is 8. The molecule has 0 bridgehead atoms. The fourth-order valence-corrected chi connectivity index (χ4v) is 6.93. The zero-order valence-corrected chi connectivity index (χ0v) is 27.1. The molecule has 1 heterocycles. The smallest absolute Gasteiger partial charge is 0.266 e. The molecule has 0 spiro atoms. The first-order valence-electron chi connectivity index (χ1n) is 14.6. The highest BCUT2D eigenvalue weighted by Gasteiger charge is 2.54. The number of hydrogen-bond donors (Lipinski definition) is 3. The molecule has 2 atom stereocenters. The number of carbonyl (C=O) groups is 1. The number of halogens is 2. The molecule has 4 aromatic rings. The maximum Gasteiger partial charge on any atom is 0.266 e. The van der Waals surface area contributed by atoms with Gasteiger partial charge in [-0.05, 0) is 60.2 Å². The minimum Gasteiger partial charge on any atom is -0.494 e. The van der Waals surface area contributed by atoms with E-state index >= 15 is 0 Å². The number of sulfone groups is 1. The Morgan fingerprint density at radius 2 is 1.74 bits per heavy atom. The number of aliphatic hydroxyl groups excluding tert-OH is 1. The average Bonchev–Trinajstić information content (AvgIpc) is 3.46. The zero-order chi connectivity index (χ0) is 32.6. The second-order valence-corrected chi connectivity index (χ2v) is 13.6. The number of nitrogens with zero attached hydrogens (tertiary/aromatic N) is 1. The summed E-state index contributed by atoms with van der Waals surface area (Å²) in [5.41, 5.74) is 5.55. The van der Waals surface area contributed by atoms with Gasteiger partial charge in [-0.25, -0.2) is 23.2 Å². The highest BCUT2D eigenvalue weighted by atomic mass is 79.9. The Morgan fingerprint density at radius 3 is 2.46 bits per heavy atom. The molecule has 0 unspecified atom stereocenters. The van der Waals surface area contributed by atoms with Crippen LogP contribution < -0.4 is 15.6 Å². The van der Waals surface area contributed by atoms with E-state index in [-0.39, 0.29) is 30.4 Å². The summed E-state index contributed by atoms with van der Waals surface area (Å²) >= 11 is 3.57. The molecule has 0 radical (unpaired) electrons. The summed E-state index contributed by atoms with van der Waals surface area (Å²) in [5.74, 6) is -0.692. The van der Waals surface area contributed by atoms with Crippen molar-refractivity contribution in [2.75, 3.05) is 19.0 Å². The molecule has 0 saturated carbocycles. The topological polar surface area (TPSA) is 126 Å². The molecule has 1 amide bonds. The number of hydrazine groups is 1. The Hall–Kier alpha value is -4.10. The van der Waals surface area contributed by atoms with Crippen LogP contribution in [0.25, 0.3) is 0 Å². The maximum absolute atomic E-state index is 14.3. The molecule has 46 heavy (non-hydrogen) atoms. The number of carbonyl (C=O) groups excluding carboxylic acids is 1. The molecule has 0 aromatic heterocycles. The van der Waals surface area contributed by atoms with Crippen LogP contribution in [0.15, 0.2) is 117 Å². The molecule has 5 rings (SSSR count). The molecular weight excluding hydrogens is 677 g/mol. The van der Waals surface area contributed by atoms with Crippen molar-refractivity contribution in [1.29, 1.82) is 0 Å². The number of ether oxygens (including phenoxy) is 2. The Kier molecular flexibility index (Phi) is 10.8. The lowest BCUT2D eigenvalue weighted by Gasteiger charge is -2.31. The van der Waals surface area contributed by atoms with Crippen molar-refractivity contribution < 1.29 is 32.2 Å². The van der Waals surface area contributed by atoms with Gasteiger partial charge in [0.25, 0.3) is 5.91 Å². The number of nitrogens with one attached hydrogen (secondary N) is 2. The van der Waals surface area contributed by atoms with Gasteiger partial charge in [0.15, 0.2) is 21.5 Å². The fourth-order valence-electron chi connectivity index (χ4n) is 5.05. The van der Waals surface area contributed by atoms with Gasteiger partial charge in [-0.15, -0.1) is 0 Å². The Morgan fingerprint density at radius 1 is 1.00 bits per heavy atom. The summed E-state index contributed by atoms with van der Waals surface area (Å²) in [7, 11) is -3.82. The molecule has 9 nitrogen and oxygen atoms in total. The third kappa shape index (κ3) is 7.81. The predicted molar refractivity (Wildman–Crippen MR) is 175 cm³/mol. The first-order chi connectivity index (χ1) is 22.2. The van der Waals surface area contributed by atoms with Crippen molar-refractivity contribution in [2.24, 2.45) is 4.99 Å². The number of aliphatic imine (C=N–C) groups is 1. The van der Waals surface area contributed by atoms with Crippen LogP contribution in [0, 0.1) is 5.82 Å². The minimum atomic E-state index is -3.82. The van der Waals surface area contributed by atoms with Gasteiger partial charge in [0.05, 0.1) is 17.3 Å². The Bertz CT molecular complexity index is 1790. The van der Waals surface area contributed by atoms with Crippen molar-refractivity contribution >= 4 is 37.6 Å². The normalized spacial score (nSPS) is 17.6. The third-order valence-electron chi connectivity index (χ3n) is 7.46. The van der Waals surface area contributed by atoms with E-state index in [0.29, 0.717) is 39.9 Å². The van der Waals surface area contributed by atoms with E-state index in [1.54, 1.807) is 72.8 Å². The highest BCUT2D eigenvalue weighted by Crippen LogP contribution is 2.45. The van der Waals surface area contributed by atoms with E-state index in [1.807, 2.05) is 6.07 Å². The molecule has 3 N–H and O–H groups in total. The molecule has 4 aromatic carbocycles. The lowest BCUT2D eigenvalue weighted by Crippen LogP contribution is -2.53. The third-order valence-corrected chi connectivity index (χ3v) is 9.91. The van der Waals surface area contributed by atoms with E-state index in [9.17, 15) is 17.6 Å². The van der Waals surface area contributed by atoms with Gasteiger partial charge in [0.2, 0.25) is 5.90 Å². The van der Waals surface area contributed by atoms with Crippen LogP contribution in [0.1, 0.15) is 35.6 Å². The van der Waals surface area contributed by atoms with Gasteiger partial charge in [-0.1, -0.05) is 64.5 Å². The molecule has 0 aliphatic carbocycles. The molecule has 1 aliphatic rings. The van der Waals surface area contributed by atoms with Crippen LogP contribution >= 0.6 is 15.9 Å². The van der Waals surface area contributed by atoms with Crippen molar-refractivity contribution in [3.8, 4) is 5.75 Å². The van der Waals surface area contributed by atoms with E-state index < -0.39 is 39.0 Å². The van der Waals surface area contributed by atoms with Crippen molar-refractivity contribution in [2.45, 2.75) is 35.9 Å². The average molecular weight is 711 g/mol. The second kappa shape index (κ2) is 15.0. The number of benzene rings is 4. The van der Waals surface area contributed by atoms with Gasteiger partial charge in [0, 0.05) is 41.6 Å². The van der Waals surface area contributed by atoms with Gasteiger partial charge >= 0.3 is 0 Å². The fraction of sp³-hybridized carbons (Fsp3) is 0.235. The monoisotopic (exact) mass is 709 g/mol. The summed E-state index contributed by atoms with van der Waals surface area (Å²) in [6.07, 6.45) is -0.738. The van der Waals surface area contributed by atoms with Gasteiger partial charge < -0.3 is 14.6 Å². The first-order valence-corrected chi connectivity index (χ1v) is 17.1. The zero-order valence-electron chi connectivity index (χ0n) is 24.7. The predicted octanol–water partition coefficient (Wildman–Crippen LogP) is 5.29. The lowest BCUT2D eigenvalue weighted by molar-refractivity contribution is -0.130. The standard InChI is InChI=1S/C34H33BrFN3O6S/c35-30-13-5-4-12-29(30)31-34(18-21-46(42,43)28-10-2-1-3-11-28,33(41)39-37-23-24-8-6-9-26(36)22-24)38-32(45-31)25-14-16-27(17-15-25)44-20-7-19-40/h1-6,8-17,22,31,37,40H,7,18-21,23H2,(H,39,41)/t31-,34-/m0/s1. The molecular formula is C34H33BrFN3O6S. The number of rotatable bonds is 14. The van der Waals surface area contributed by atoms with Crippen molar-refractivity contribution in [3.05, 3.63) is 130 Å². The van der Waals surface area contributed by atoms with E-state index in [1.165, 1.54) is 24.3 Å². The first kappa shape index (κ1) is 33.3. The van der Waals surface area contributed by atoms with E-state index in [0.717, 1.165) is 0 Å². The van der Waals surface area contributed by atoms with Crippen molar-refractivity contribution in [1.82, 2.24) is 10.9 Å². The molecule has 1 aliphatic heterocycles. The van der Waals surface area contributed by atoms with Crippen LogP contribution in [0.5, 0.6) is 5.75 Å². The van der Waals surface area contributed by atoms with Gasteiger partial charge in [0.1, 0.15) is 11.6 Å². The quantitative estimate of drug-likeness (QED) is 0.120. The van der Waals surface area contributed by atoms with Gasteiger partial charge in [-0.3, -0.25) is 10.2 Å². The number of amides is 1. The second-order valence-electron chi connectivity index (χ2n) is 10.6. The summed E-state index contributed by atoms with van der Waals surface area (Å²) < 4.78 is 53.5. The van der Waals surface area contributed by atoms with Crippen LogP contribution in [-0.2, 0) is 25.9 Å². The molecule has 0 fully saturated rings. The van der Waals surface area contributed by atoms with Crippen molar-refractivity contribution in [3.63, 3.8) is 0 Å². The minimum absolute atomic E-state index is 0.0143. The largest absolute Gasteiger partial charge is 0.494 e. The van der Waals surface area contributed by atoms with Gasteiger partial charge in [-0.2, -0.15) is 0 Å². The molecule has 12 heteroatoms. The van der Waals surface area contributed by atoms with E-state index in [2.05, 4.69) is 26.8 Å². The van der Waals surface area contributed by atoms with Crippen LogP contribution in [0.4, 0.5) is 4.39 Å². The lowest BCUT2D eigenvalue weighted by atomic mass is 9.85. The SMILES string of the molecule is O=C(NNCc1cccc(F)c1)[C@@]1(CCS(=O)(=O)c2ccccc2)N=C(c2ccc(OCCCO)cc2)O[C@H]1c1ccccc1Br. The Labute approximate surface area is 275 Å². The summed E-state index contributed by atoms with van der Waals surface area (Å²) in [6, 6.07) is 28.1. The number of aliphatic hydroxyl groups is 1. The Balaban J connectivity index is 1.52. The summed E-state index contributed by atoms with van der Waals surface area (Å²) in [4.78, 5) is 19.3. The van der Waals surface area contributed by atoms with Crippen LogP contribution in [0.2, 0.25) is 0 Å². The summed E-state index contributed by atoms with van der Waals surface area (Å²) in [5, 5.41) is 9.04. The van der Waals surface area contributed by atoms with Crippen LogP contribution in [0.3, 0.4) is 0 Å². The van der Waals surface area contributed by atoms with E-state index in [4.69, 9.17) is 19.6 Å².